The lowest BCUT2D eigenvalue weighted by molar-refractivity contribution is 0.548. The number of nitriles is 1. The fourth-order valence-corrected chi connectivity index (χ4v) is 3.01. The standard InChI is InChI=1S/C19H17ClN4/c20-16-9-6-14(7-10-16)8-11-17(19-22-13-23-24-19)18(12-21)15-4-2-1-3-5-15/h1-7,9-10,13,17-18H,8,11H2,(H,22,23,24). The number of H-pyrrole nitrogens is 1. The molecule has 0 aliphatic heterocycles. The van der Waals surface area contributed by atoms with Gasteiger partial charge < -0.3 is 0 Å². The predicted molar refractivity (Wildman–Crippen MR) is 93.7 cm³/mol. The average molecular weight is 337 g/mol. The summed E-state index contributed by atoms with van der Waals surface area (Å²) in [6.07, 6.45) is 3.13. The van der Waals surface area contributed by atoms with E-state index in [0.29, 0.717) is 0 Å². The number of rotatable bonds is 6. The minimum atomic E-state index is -0.272. The number of halogens is 1. The normalized spacial score (nSPS) is 13.2. The molecule has 2 atom stereocenters. The van der Waals surface area contributed by atoms with Crippen LogP contribution < -0.4 is 0 Å². The van der Waals surface area contributed by atoms with Crippen molar-refractivity contribution in [2.75, 3.05) is 0 Å². The lowest BCUT2D eigenvalue weighted by atomic mass is 9.83. The molecular weight excluding hydrogens is 320 g/mol. The molecule has 2 unspecified atom stereocenters. The number of benzene rings is 2. The van der Waals surface area contributed by atoms with Crippen LogP contribution in [0.2, 0.25) is 5.02 Å². The fraction of sp³-hybridized carbons (Fsp3) is 0.211. The van der Waals surface area contributed by atoms with Gasteiger partial charge in [-0.05, 0) is 36.1 Å². The molecule has 120 valence electrons. The van der Waals surface area contributed by atoms with Gasteiger partial charge in [0, 0.05) is 10.9 Å². The highest BCUT2D eigenvalue weighted by molar-refractivity contribution is 6.30. The Morgan fingerprint density at radius 3 is 2.46 bits per heavy atom. The zero-order valence-corrected chi connectivity index (χ0v) is 13.8. The van der Waals surface area contributed by atoms with Gasteiger partial charge in [-0.1, -0.05) is 54.1 Å². The third kappa shape index (κ3) is 3.81. The van der Waals surface area contributed by atoms with Crippen molar-refractivity contribution in [3.63, 3.8) is 0 Å². The predicted octanol–water partition coefficient (Wildman–Crippen LogP) is 4.48. The molecule has 0 amide bonds. The Kier molecular flexibility index (Phi) is 5.25. The summed E-state index contributed by atoms with van der Waals surface area (Å²) in [4.78, 5) is 4.30. The Hall–Kier alpha value is -2.64. The molecule has 5 heteroatoms. The Labute approximate surface area is 146 Å². The molecule has 0 aliphatic carbocycles. The van der Waals surface area contributed by atoms with E-state index in [-0.39, 0.29) is 11.8 Å². The van der Waals surface area contributed by atoms with E-state index in [1.165, 1.54) is 11.9 Å². The van der Waals surface area contributed by atoms with Gasteiger partial charge in [0.1, 0.15) is 12.2 Å². The first-order valence-electron chi connectivity index (χ1n) is 7.82. The van der Waals surface area contributed by atoms with Crippen LogP contribution in [0.25, 0.3) is 0 Å². The van der Waals surface area contributed by atoms with Crippen molar-refractivity contribution in [2.24, 2.45) is 0 Å². The molecule has 3 aromatic rings. The molecule has 2 aromatic carbocycles. The molecule has 1 aromatic heterocycles. The van der Waals surface area contributed by atoms with Crippen LogP contribution in [-0.2, 0) is 6.42 Å². The second-order valence-corrected chi connectivity index (χ2v) is 6.10. The molecule has 0 radical (unpaired) electrons. The van der Waals surface area contributed by atoms with Crippen LogP contribution in [-0.4, -0.2) is 15.2 Å². The van der Waals surface area contributed by atoms with Gasteiger partial charge in [0.05, 0.1) is 12.0 Å². The molecule has 0 spiro atoms. The van der Waals surface area contributed by atoms with Gasteiger partial charge in [-0.3, -0.25) is 5.10 Å². The number of hydrogen-bond donors (Lipinski definition) is 1. The molecule has 3 rings (SSSR count). The molecule has 1 N–H and O–H groups in total. The highest BCUT2D eigenvalue weighted by Crippen LogP contribution is 2.34. The van der Waals surface area contributed by atoms with Crippen molar-refractivity contribution in [1.29, 1.82) is 5.26 Å². The first-order valence-corrected chi connectivity index (χ1v) is 8.20. The lowest BCUT2D eigenvalue weighted by Crippen LogP contribution is -2.13. The molecule has 0 saturated heterocycles. The van der Waals surface area contributed by atoms with E-state index in [0.717, 1.165) is 29.3 Å². The van der Waals surface area contributed by atoms with E-state index in [1.807, 2.05) is 54.6 Å². The summed E-state index contributed by atoms with van der Waals surface area (Å²) in [5, 5.41) is 17.4. The van der Waals surface area contributed by atoms with Crippen LogP contribution in [0.4, 0.5) is 0 Å². The van der Waals surface area contributed by atoms with Gasteiger partial charge in [-0.2, -0.15) is 10.4 Å². The quantitative estimate of drug-likeness (QED) is 0.721. The maximum Gasteiger partial charge on any atom is 0.137 e. The highest BCUT2D eigenvalue weighted by Gasteiger charge is 2.26. The molecule has 1 heterocycles. The molecule has 0 aliphatic rings. The average Bonchev–Trinajstić information content (AvgIpc) is 3.15. The van der Waals surface area contributed by atoms with Crippen LogP contribution in [0.1, 0.15) is 35.2 Å². The maximum atomic E-state index is 9.75. The summed E-state index contributed by atoms with van der Waals surface area (Å²) in [5.41, 5.74) is 2.19. The van der Waals surface area contributed by atoms with Crippen LogP contribution in [0.5, 0.6) is 0 Å². The molecule has 0 saturated carbocycles. The highest BCUT2D eigenvalue weighted by atomic mass is 35.5. The zero-order chi connectivity index (χ0) is 16.8. The summed E-state index contributed by atoms with van der Waals surface area (Å²) in [6.45, 7) is 0. The van der Waals surface area contributed by atoms with Crippen molar-refractivity contribution in [3.8, 4) is 6.07 Å². The lowest BCUT2D eigenvalue weighted by Gasteiger charge is -2.20. The smallest absolute Gasteiger partial charge is 0.137 e. The van der Waals surface area contributed by atoms with Crippen molar-refractivity contribution in [2.45, 2.75) is 24.7 Å². The van der Waals surface area contributed by atoms with E-state index >= 15 is 0 Å². The van der Waals surface area contributed by atoms with Crippen LogP contribution in [0.15, 0.2) is 60.9 Å². The van der Waals surface area contributed by atoms with Gasteiger partial charge in [0.15, 0.2) is 0 Å². The summed E-state index contributed by atoms with van der Waals surface area (Å²) >= 11 is 5.94. The Morgan fingerprint density at radius 1 is 1.08 bits per heavy atom. The zero-order valence-electron chi connectivity index (χ0n) is 13.1. The van der Waals surface area contributed by atoms with E-state index in [4.69, 9.17) is 11.6 Å². The molecular formula is C19H17ClN4. The largest absolute Gasteiger partial charge is 0.263 e. The van der Waals surface area contributed by atoms with Gasteiger partial charge >= 0.3 is 0 Å². The summed E-state index contributed by atoms with van der Waals surface area (Å²) in [7, 11) is 0. The number of hydrogen-bond acceptors (Lipinski definition) is 3. The van der Waals surface area contributed by atoms with Crippen LogP contribution in [0.3, 0.4) is 0 Å². The SMILES string of the molecule is N#CC(c1ccccc1)C(CCc1ccc(Cl)cc1)c1ncn[nH]1. The van der Waals surface area contributed by atoms with E-state index < -0.39 is 0 Å². The van der Waals surface area contributed by atoms with E-state index in [1.54, 1.807) is 0 Å². The van der Waals surface area contributed by atoms with Crippen molar-refractivity contribution < 1.29 is 0 Å². The molecule has 0 bridgehead atoms. The number of aromatic nitrogens is 3. The number of nitrogens with zero attached hydrogens (tertiary/aromatic N) is 3. The third-order valence-electron chi connectivity index (χ3n) is 4.14. The van der Waals surface area contributed by atoms with Gasteiger partial charge in [-0.15, -0.1) is 0 Å². The summed E-state index contributed by atoms with van der Waals surface area (Å²) < 4.78 is 0. The van der Waals surface area contributed by atoms with Gasteiger partial charge in [-0.25, -0.2) is 4.98 Å². The second kappa shape index (κ2) is 7.76. The molecule has 24 heavy (non-hydrogen) atoms. The Morgan fingerprint density at radius 2 is 1.83 bits per heavy atom. The maximum absolute atomic E-state index is 9.75. The van der Waals surface area contributed by atoms with Crippen LogP contribution in [0, 0.1) is 11.3 Å². The van der Waals surface area contributed by atoms with Crippen molar-refractivity contribution in [1.82, 2.24) is 15.2 Å². The topological polar surface area (TPSA) is 65.4 Å². The first-order chi connectivity index (χ1) is 11.8. The molecule has 0 fully saturated rings. The van der Waals surface area contributed by atoms with Crippen LogP contribution >= 0.6 is 11.6 Å². The number of aromatic amines is 1. The van der Waals surface area contributed by atoms with E-state index in [2.05, 4.69) is 21.3 Å². The summed E-state index contributed by atoms with van der Waals surface area (Å²) in [6, 6.07) is 20.1. The van der Waals surface area contributed by atoms with Crippen molar-refractivity contribution in [3.05, 3.63) is 82.9 Å². The third-order valence-corrected chi connectivity index (χ3v) is 4.39. The second-order valence-electron chi connectivity index (χ2n) is 5.66. The first kappa shape index (κ1) is 16.2. The number of aryl methyl sites for hydroxylation is 1. The Balaban J connectivity index is 1.84. The van der Waals surface area contributed by atoms with E-state index in [9.17, 15) is 5.26 Å². The van der Waals surface area contributed by atoms with Gasteiger partial charge in [0.25, 0.3) is 0 Å². The summed E-state index contributed by atoms with van der Waals surface area (Å²) in [5.74, 6) is 0.432. The van der Waals surface area contributed by atoms with Gasteiger partial charge in [0.2, 0.25) is 0 Å². The Bertz CT molecular complexity index is 792. The van der Waals surface area contributed by atoms with Crippen molar-refractivity contribution >= 4 is 11.6 Å². The minimum Gasteiger partial charge on any atom is -0.263 e. The monoisotopic (exact) mass is 336 g/mol. The minimum absolute atomic E-state index is 0.0458. The number of nitrogens with one attached hydrogen (secondary N) is 1. The molecule has 4 nitrogen and oxygen atoms in total. The fourth-order valence-electron chi connectivity index (χ4n) is 2.89.